The van der Waals surface area contributed by atoms with Crippen molar-refractivity contribution in [1.82, 2.24) is 15.0 Å². The zero-order chi connectivity index (χ0) is 14.8. The lowest BCUT2D eigenvalue weighted by Gasteiger charge is -2.19. The smallest absolute Gasteiger partial charge is 0.231 e. The van der Waals surface area contributed by atoms with Gasteiger partial charge < -0.3 is 20.3 Å². The van der Waals surface area contributed by atoms with E-state index in [1.807, 2.05) is 6.92 Å². The molecule has 0 fully saturated rings. The van der Waals surface area contributed by atoms with Crippen LogP contribution >= 0.6 is 0 Å². The van der Waals surface area contributed by atoms with Crippen molar-refractivity contribution < 1.29 is 4.74 Å². The standard InChI is InChI=1S/C13H26N6O/c1-5-14-11-16-12(15-9-8-10-20-4)18-13(17-11)19(6-2)7-3/h5-10H2,1-4H3,(H2,14,15,16,17,18). The molecule has 0 saturated carbocycles. The van der Waals surface area contributed by atoms with Gasteiger partial charge in [0.05, 0.1) is 0 Å². The van der Waals surface area contributed by atoms with E-state index in [9.17, 15) is 0 Å². The molecule has 20 heavy (non-hydrogen) atoms. The van der Waals surface area contributed by atoms with Gasteiger partial charge in [0.1, 0.15) is 0 Å². The first-order valence-electron chi connectivity index (χ1n) is 7.22. The topological polar surface area (TPSA) is 75.2 Å². The molecule has 0 bridgehead atoms. The van der Waals surface area contributed by atoms with Crippen LogP contribution in [-0.2, 0) is 4.74 Å². The first-order chi connectivity index (χ1) is 9.74. The van der Waals surface area contributed by atoms with Gasteiger partial charge in [-0.05, 0) is 27.2 Å². The number of nitrogens with one attached hydrogen (secondary N) is 2. The summed E-state index contributed by atoms with van der Waals surface area (Å²) in [5.74, 6) is 1.92. The van der Waals surface area contributed by atoms with E-state index in [2.05, 4.69) is 44.3 Å². The molecule has 114 valence electrons. The largest absolute Gasteiger partial charge is 0.385 e. The van der Waals surface area contributed by atoms with Gasteiger partial charge in [-0.3, -0.25) is 0 Å². The van der Waals surface area contributed by atoms with Crippen molar-refractivity contribution in [3.05, 3.63) is 0 Å². The highest BCUT2D eigenvalue weighted by Gasteiger charge is 2.10. The molecule has 0 aliphatic rings. The van der Waals surface area contributed by atoms with Crippen molar-refractivity contribution in [3.8, 4) is 0 Å². The molecule has 0 amide bonds. The Kier molecular flexibility index (Phi) is 7.64. The van der Waals surface area contributed by atoms with Crippen molar-refractivity contribution >= 4 is 17.8 Å². The summed E-state index contributed by atoms with van der Waals surface area (Å²) in [7, 11) is 1.70. The maximum Gasteiger partial charge on any atom is 0.231 e. The Balaban J connectivity index is 2.80. The molecule has 7 nitrogen and oxygen atoms in total. The quantitative estimate of drug-likeness (QED) is 0.631. The number of ether oxygens (including phenoxy) is 1. The molecule has 7 heteroatoms. The van der Waals surface area contributed by atoms with Crippen LogP contribution in [0.4, 0.5) is 17.8 Å². The summed E-state index contributed by atoms with van der Waals surface area (Å²) in [6.07, 6.45) is 0.916. The van der Waals surface area contributed by atoms with Crippen LogP contribution in [0.15, 0.2) is 0 Å². The Labute approximate surface area is 121 Å². The number of methoxy groups -OCH3 is 1. The summed E-state index contributed by atoms with van der Waals surface area (Å²) in [4.78, 5) is 15.4. The molecular weight excluding hydrogens is 256 g/mol. The maximum atomic E-state index is 5.03. The molecular formula is C13H26N6O. The fourth-order valence-electron chi connectivity index (χ4n) is 1.75. The lowest BCUT2D eigenvalue weighted by molar-refractivity contribution is 0.197. The minimum atomic E-state index is 0.606. The van der Waals surface area contributed by atoms with Gasteiger partial charge >= 0.3 is 0 Å². The Morgan fingerprint density at radius 2 is 1.65 bits per heavy atom. The van der Waals surface area contributed by atoms with E-state index < -0.39 is 0 Å². The lowest BCUT2D eigenvalue weighted by Crippen LogP contribution is -2.25. The Bertz CT molecular complexity index is 383. The number of rotatable bonds is 10. The van der Waals surface area contributed by atoms with E-state index in [4.69, 9.17) is 4.74 Å². The van der Waals surface area contributed by atoms with E-state index in [1.54, 1.807) is 7.11 Å². The van der Waals surface area contributed by atoms with Gasteiger partial charge in [-0.2, -0.15) is 15.0 Å². The molecule has 0 aliphatic heterocycles. The third-order valence-electron chi connectivity index (χ3n) is 2.81. The molecule has 1 aromatic heterocycles. The molecule has 2 N–H and O–H groups in total. The van der Waals surface area contributed by atoms with Crippen molar-refractivity contribution in [2.75, 3.05) is 55.4 Å². The number of aromatic nitrogens is 3. The Morgan fingerprint density at radius 3 is 2.20 bits per heavy atom. The fraction of sp³-hybridized carbons (Fsp3) is 0.769. The SMILES string of the molecule is CCNc1nc(NCCCOC)nc(N(CC)CC)n1. The maximum absolute atomic E-state index is 5.03. The zero-order valence-electron chi connectivity index (χ0n) is 12.9. The molecule has 0 aliphatic carbocycles. The summed E-state index contributed by atoms with van der Waals surface area (Å²) >= 11 is 0. The minimum Gasteiger partial charge on any atom is -0.385 e. The van der Waals surface area contributed by atoms with E-state index in [1.165, 1.54) is 0 Å². The van der Waals surface area contributed by atoms with Gasteiger partial charge in [0.25, 0.3) is 0 Å². The van der Waals surface area contributed by atoms with Crippen LogP contribution in [0.3, 0.4) is 0 Å². The number of hydrogen-bond acceptors (Lipinski definition) is 7. The third-order valence-corrected chi connectivity index (χ3v) is 2.81. The van der Waals surface area contributed by atoms with Crippen molar-refractivity contribution in [2.45, 2.75) is 27.2 Å². The van der Waals surface area contributed by atoms with Gasteiger partial charge in [-0.15, -0.1) is 0 Å². The first-order valence-corrected chi connectivity index (χ1v) is 7.22. The molecule has 1 heterocycles. The highest BCUT2D eigenvalue weighted by atomic mass is 16.5. The minimum absolute atomic E-state index is 0.606. The van der Waals surface area contributed by atoms with Crippen LogP contribution in [0.1, 0.15) is 27.2 Å². The van der Waals surface area contributed by atoms with Gasteiger partial charge in [0.15, 0.2) is 0 Å². The molecule has 0 atom stereocenters. The van der Waals surface area contributed by atoms with E-state index in [0.29, 0.717) is 17.8 Å². The van der Waals surface area contributed by atoms with E-state index >= 15 is 0 Å². The van der Waals surface area contributed by atoms with Gasteiger partial charge in [-0.25, -0.2) is 0 Å². The molecule has 0 radical (unpaired) electrons. The van der Waals surface area contributed by atoms with Crippen molar-refractivity contribution in [2.24, 2.45) is 0 Å². The lowest BCUT2D eigenvalue weighted by atomic mass is 10.4. The Morgan fingerprint density at radius 1 is 1.00 bits per heavy atom. The number of hydrogen-bond donors (Lipinski definition) is 2. The molecule has 0 aromatic carbocycles. The number of anilines is 3. The van der Waals surface area contributed by atoms with Crippen molar-refractivity contribution in [3.63, 3.8) is 0 Å². The van der Waals surface area contributed by atoms with Crippen LogP contribution < -0.4 is 15.5 Å². The fourth-order valence-corrected chi connectivity index (χ4v) is 1.75. The second-order valence-electron chi connectivity index (χ2n) is 4.26. The van der Waals surface area contributed by atoms with Crippen LogP contribution in [0, 0.1) is 0 Å². The monoisotopic (exact) mass is 282 g/mol. The van der Waals surface area contributed by atoms with Crippen LogP contribution in [0.25, 0.3) is 0 Å². The average Bonchev–Trinajstić information content (AvgIpc) is 2.45. The summed E-state index contributed by atoms with van der Waals surface area (Å²) in [5, 5.41) is 6.35. The van der Waals surface area contributed by atoms with Gasteiger partial charge in [-0.1, -0.05) is 0 Å². The molecule has 1 aromatic rings. The second kappa shape index (κ2) is 9.30. The molecule has 0 saturated heterocycles. The average molecular weight is 282 g/mol. The Hall–Kier alpha value is -1.63. The highest BCUT2D eigenvalue weighted by molar-refractivity contribution is 5.43. The normalized spacial score (nSPS) is 10.4. The second-order valence-corrected chi connectivity index (χ2v) is 4.26. The predicted molar refractivity (Wildman–Crippen MR) is 82.5 cm³/mol. The first kappa shape index (κ1) is 16.4. The van der Waals surface area contributed by atoms with Crippen LogP contribution in [0.2, 0.25) is 0 Å². The summed E-state index contributed by atoms with van der Waals surface area (Å²) in [6.45, 7) is 10.2. The predicted octanol–water partition coefficient (Wildman–Crippen LogP) is 1.60. The van der Waals surface area contributed by atoms with E-state index in [-0.39, 0.29) is 0 Å². The molecule has 1 rings (SSSR count). The highest BCUT2D eigenvalue weighted by Crippen LogP contribution is 2.13. The molecule has 0 spiro atoms. The molecule has 0 unspecified atom stereocenters. The van der Waals surface area contributed by atoms with Crippen LogP contribution in [0.5, 0.6) is 0 Å². The number of nitrogens with zero attached hydrogens (tertiary/aromatic N) is 4. The van der Waals surface area contributed by atoms with Crippen molar-refractivity contribution in [1.29, 1.82) is 0 Å². The van der Waals surface area contributed by atoms with Crippen LogP contribution in [-0.4, -0.2) is 54.8 Å². The van der Waals surface area contributed by atoms with E-state index in [0.717, 1.165) is 39.2 Å². The third kappa shape index (κ3) is 5.16. The van der Waals surface area contributed by atoms with Gasteiger partial charge in [0.2, 0.25) is 17.8 Å². The summed E-state index contributed by atoms with van der Waals surface area (Å²) < 4.78 is 5.03. The summed E-state index contributed by atoms with van der Waals surface area (Å²) in [5.41, 5.74) is 0. The van der Waals surface area contributed by atoms with Gasteiger partial charge in [0, 0.05) is 39.9 Å². The summed E-state index contributed by atoms with van der Waals surface area (Å²) in [6, 6.07) is 0. The zero-order valence-corrected chi connectivity index (χ0v) is 12.9.